The van der Waals surface area contributed by atoms with Gasteiger partial charge in [-0.3, -0.25) is 4.79 Å². The summed E-state index contributed by atoms with van der Waals surface area (Å²) in [5.41, 5.74) is 1.44. The summed E-state index contributed by atoms with van der Waals surface area (Å²) in [6.07, 6.45) is 0.102. The summed E-state index contributed by atoms with van der Waals surface area (Å²) in [7, 11) is 1.29. The molecule has 0 heterocycles. The monoisotopic (exact) mass is 376 g/mol. The molecule has 0 aliphatic rings. The molecule has 2 N–H and O–H groups in total. The van der Waals surface area contributed by atoms with Crippen LogP contribution in [-0.2, 0) is 9.53 Å². The number of hydrogen-bond acceptors (Lipinski definition) is 5. The zero-order valence-electron chi connectivity index (χ0n) is 14.8. The highest BCUT2D eigenvalue weighted by molar-refractivity contribution is 6.33. The number of methoxy groups -OCH3 is 1. The maximum absolute atomic E-state index is 12.1. The molecule has 7 heteroatoms. The highest BCUT2D eigenvalue weighted by atomic mass is 35.5. The first-order chi connectivity index (χ1) is 12.4. The van der Waals surface area contributed by atoms with E-state index in [4.69, 9.17) is 16.3 Å². The molecule has 1 amide bonds. The van der Waals surface area contributed by atoms with Crippen LogP contribution >= 0.6 is 11.6 Å². The molecule has 2 aromatic rings. The normalized spacial score (nSPS) is 10.3. The van der Waals surface area contributed by atoms with Crippen LogP contribution in [0.2, 0.25) is 5.02 Å². The number of carbonyl (C=O) groups is 2. The first-order valence-corrected chi connectivity index (χ1v) is 8.45. The van der Waals surface area contributed by atoms with Crippen LogP contribution in [0.3, 0.4) is 0 Å². The molecule has 0 atom stereocenters. The van der Waals surface area contributed by atoms with E-state index in [1.807, 2.05) is 38.1 Å². The molecule has 0 bridgehead atoms. The number of halogens is 1. The number of hydrogen-bond donors (Lipinski definition) is 2. The van der Waals surface area contributed by atoms with Gasteiger partial charge in [0.1, 0.15) is 5.75 Å². The number of benzene rings is 2. The molecule has 26 heavy (non-hydrogen) atoms. The molecule has 0 saturated heterocycles. The van der Waals surface area contributed by atoms with Crippen molar-refractivity contribution in [2.24, 2.45) is 0 Å². The van der Waals surface area contributed by atoms with Gasteiger partial charge in [-0.2, -0.15) is 0 Å². The van der Waals surface area contributed by atoms with Crippen molar-refractivity contribution in [2.45, 2.75) is 20.0 Å². The SMILES string of the molecule is COC(=O)c1ccc(Cl)c(NC(=O)CNc2ccc(OC(C)C)cc2)c1. The Morgan fingerprint density at radius 2 is 1.81 bits per heavy atom. The van der Waals surface area contributed by atoms with Crippen LogP contribution in [0, 0.1) is 0 Å². The Kier molecular flexibility index (Phi) is 6.86. The van der Waals surface area contributed by atoms with Gasteiger partial charge in [-0.05, 0) is 56.3 Å². The second-order valence-corrected chi connectivity index (χ2v) is 6.19. The van der Waals surface area contributed by atoms with Crippen molar-refractivity contribution in [3.05, 3.63) is 53.1 Å². The average molecular weight is 377 g/mol. The molecule has 2 aromatic carbocycles. The second-order valence-electron chi connectivity index (χ2n) is 5.78. The van der Waals surface area contributed by atoms with Gasteiger partial charge >= 0.3 is 5.97 Å². The molecule has 0 spiro atoms. The minimum absolute atomic E-state index is 0.0448. The van der Waals surface area contributed by atoms with Crippen LogP contribution in [0.15, 0.2) is 42.5 Å². The maximum atomic E-state index is 12.1. The quantitative estimate of drug-likeness (QED) is 0.715. The lowest BCUT2D eigenvalue weighted by atomic mass is 10.2. The number of esters is 1. The summed E-state index contributed by atoms with van der Waals surface area (Å²) in [4.78, 5) is 23.7. The van der Waals surface area contributed by atoms with E-state index < -0.39 is 5.97 Å². The number of nitrogens with one attached hydrogen (secondary N) is 2. The number of carbonyl (C=O) groups excluding carboxylic acids is 2. The number of amides is 1. The summed E-state index contributed by atoms with van der Waals surface area (Å²) >= 11 is 6.06. The van der Waals surface area contributed by atoms with E-state index in [0.717, 1.165) is 11.4 Å². The van der Waals surface area contributed by atoms with Crippen LogP contribution in [-0.4, -0.2) is 31.6 Å². The molecule has 0 unspecified atom stereocenters. The average Bonchev–Trinajstić information content (AvgIpc) is 2.62. The largest absolute Gasteiger partial charge is 0.491 e. The van der Waals surface area contributed by atoms with E-state index in [-0.39, 0.29) is 18.6 Å². The molecule has 2 rings (SSSR count). The Balaban J connectivity index is 1.93. The third-order valence-electron chi connectivity index (χ3n) is 3.34. The van der Waals surface area contributed by atoms with Gasteiger partial charge < -0.3 is 20.1 Å². The molecule has 0 saturated carbocycles. The smallest absolute Gasteiger partial charge is 0.337 e. The molecule has 0 aromatic heterocycles. The summed E-state index contributed by atoms with van der Waals surface area (Å²) in [5, 5.41) is 6.02. The van der Waals surface area contributed by atoms with Gasteiger partial charge in [-0.15, -0.1) is 0 Å². The van der Waals surface area contributed by atoms with E-state index in [9.17, 15) is 9.59 Å². The Morgan fingerprint density at radius 3 is 2.42 bits per heavy atom. The fraction of sp³-hybridized carbons (Fsp3) is 0.263. The predicted octanol–water partition coefficient (Wildman–Crippen LogP) is 3.96. The zero-order valence-corrected chi connectivity index (χ0v) is 15.6. The molecule has 138 valence electrons. The number of rotatable bonds is 7. The van der Waals surface area contributed by atoms with E-state index in [1.54, 1.807) is 0 Å². The molecule has 0 fully saturated rings. The van der Waals surface area contributed by atoms with E-state index in [2.05, 4.69) is 15.4 Å². The summed E-state index contributed by atoms with van der Waals surface area (Å²) in [5.74, 6) is -0.0307. The Morgan fingerprint density at radius 1 is 1.12 bits per heavy atom. The van der Waals surface area contributed by atoms with Crippen molar-refractivity contribution < 1.29 is 19.1 Å². The van der Waals surface area contributed by atoms with E-state index in [0.29, 0.717) is 16.3 Å². The molecule has 0 aliphatic heterocycles. The third-order valence-corrected chi connectivity index (χ3v) is 3.67. The number of ether oxygens (including phenoxy) is 2. The first-order valence-electron chi connectivity index (χ1n) is 8.07. The van der Waals surface area contributed by atoms with Crippen molar-refractivity contribution in [3.8, 4) is 5.75 Å². The number of anilines is 2. The van der Waals surface area contributed by atoms with Crippen molar-refractivity contribution in [1.29, 1.82) is 0 Å². The van der Waals surface area contributed by atoms with Gasteiger partial charge in [0, 0.05) is 5.69 Å². The van der Waals surface area contributed by atoms with Crippen molar-refractivity contribution in [1.82, 2.24) is 0 Å². The van der Waals surface area contributed by atoms with E-state index >= 15 is 0 Å². The minimum atomic E-state index is -0.501. The lowest BCUT2D eigenvalue weighted by Crippen LogP contribution is -2.22. The van der Waals surface area contributed by atoms with Crippen LogP contribution in [0.1, 0.15) is 24.2 Å². The van der Waals surface area contributed by atoms with Gasteiger partial charge in [-0.1, -0.05) is 11.6 Å². The van der Waals surface area contributed by atoms with Crippen LogP contribution in [0.25, 0.3) is 0 Å². The summed E-state index contributed by atoms with van der Waals surface area (Å²) < 4.78 is 10.2. The van der Waals surface area contributed by atoms with Gasteiger partial charge in [0.15, 0.2) is 0 Å². The standard InChI is InChI=1S/C19H21ClN2O4/c1-12(2)26-15-7-5-14(6-8-15)21-11-18(23)22-17-10-13(19(24)25-3)4-9-16(17)20/h4-10,12,21H,11H2,1-3H3,(H,22,23). The Labute approximate surface area is 157 Å². The van der Waals surface area contributed by atoms with Crippen LogP contribution in [0.4, 0.5) is 11.4 Å². The molecular weight excluding hydrogens is 356 g/mol. The Hall–Kier alpha value is -2.73. The minimum Gasteiger partial charge on any atom is -0.491 e. The van der Waals surface area contributed by atoms with Gasteiger partial charge in [0.2, 0.25) is 5.91 Å². The Bertz CT molecular complexity index is 776. The van der Waals surface area contributed by atoms with Crippen molar-refractivity contribution >= 4 is 34.9 Å². The molecule has 0 radical (unpaired) electrons. The second kappa shape index (κ2) is 9.10. The fourth-order valence-corrected chi connectivity index (χ4v) is 2.33. The van der Waals surface area contributed by atoms with Crippen LogP contribution in [0.5, 0.6) is 5.75 Å². The fourth-order valence-electron chi connectivity index (χ4n) is 2.17. The summed E-state index contributed by atoms with van der Waals surface area (Å²) in [6.45, 7) is 3.96. The van der Waals surface area contributed by atoms with Crippen molar-refractivity contribution in [2.75, 3.05) is 24.3 Å². The molecule has 0 aliphatic carbocycles. The van der Waals surface area contributed by atoms with Gasteiger partial charge in [-0.25, -0.2) is 4.79 Å². The van der Waals surface area contributed by atoms with Gasteiger partial charge in [0.05, 0.1) is 36.0 Å². The molecular formula is C19H21ClN2O4. The predicted molar refractivity (Wildman–Crippen MR) is 102 cm³/mol. The van der Waals surface area contributed by atoms with E-state index in [1.165, 1.54) is 25.3 Å². The zero-order chi connectivity index (χ0) is 19.1. The highest BCUT2D eigenvalue weighted by Crippen LogP contribution is 2.23. The summed E-state index contributed by atoms with van der Waals surface area (Å²) in [6, 6.07) is 11.9. The lowest BCUT2D eigenvalue weighted by Gasteiger charge is -2.12. The van der Waals surface area contributed by atoms with Crippen LogP contribution < -0.4 is 15.4 Å². The molecule has 6 nitrogen and oxygen atoms in total. The third kappa shape index (κ3) is 5.67. The topological polar surface area (TPSA) is 76.7 Å². The first kappa shape index (κ1) is 19.6. The lowest BCUT2D eigenvalue weighted by molar-refractivity contribution is -0.114. The van der Waals surface area contributed by atoms with Gasteiger partial charge in [0.25, 0.3) is 0 Å². The van der Waals surface area contributed by atoms with Crippen molar-refractivity contribution in [3.63, 3.8) is 0 Å². The maximum Gasteiger partial charge on any atom is 0.337 e. The highest BCUT2D eigenvalue weighted by Gasteiger charge is 2.11.